The molecule has 0 unspecified atom stereocenters. The summed E-state index contributed by atoms with van der Waals surface area (Å²) in [7, 11) is 2.98. The second kappa shape index (κ2) is 11.0. The summed E-state index contributed by atoms with van der Waals surface area (Å²) in [5, 5.41) is 5.10. The molecule has 1 saturated heterocycles. The molecule has 2 aromatic carbocycles. The van der Waals surface area contributed by atoms with Crippen LogP contribution in [-0.2, 0) is 9.59 Å². The molecule has 1 aliphatic rings. The number of carbonyl (C=O) groups is 3. The molecule has 1 heterocycles. The van der Waals surface area contributed by atoms with Gasteiger partial charge in [0, 0.05) is 37.4 Å². The van der Waals surface area contributed by atoms with Crippen LogP contribution in [-0.4, -0.2) is 76.1 Å². The van der Waals surface area contributed by atoms with Crippen molar-refractivity contribution in [2.24, 2.45) is 0 Å². The molecule has 0 bridgehead atoms. The van der Waals surface area contributed by atoms with E-state index in [0.29, 0.717) is 30.2 Å². The quantitative estimate of drug-likeness (QED) is 0.633. The topological polar surface area (TPSA) is 100 Å². The Morgan fingerprint density at radius 1 is 0.844 bits per heavy atom. The number of piperazine rings is 1. The minimum absolute atomic E-state index is 0.101. The first-order chi connectivity index (χ1) is 15.5. The molecule has 9 nitrogen and oxygen atoms in total. The van der Waals surface area contributed by atoms with Gasteiger partial charge >= 0.3 is 0 Å². The first-order valence-electron chi connectivity index (χ1n) is 10.4. The number of ether oxygens (including phenoxy) is 2. The highest BCUT2D eigenvalue weighted by Gasteiger charge is 2.21. The zero-order valence-corrected chi connectivity index (χ0v) is 18.3. The number of para-hydroxylation sites is 1. The first-order valence-corrected chi connectivity index (χ1v) is 10.4. The van der Waals surface area contributed by atoms with Crippen molar-refractivity contribution in [1.29, 1.82) is 0 Å². The van der Waals surface area contributed by atoms with Crippen LogP contribution in [0.5, 0.6) is 11.5 Å². The molecular formula is C23H28N4O5. The highest BCUT2D eigenvalue weighted by Crippen LogP contribution is 2.27. The molecular weight excluding hydrogens is 412 g/mol. The van der Waals surface area contributed by atoms with E-state index < -0.39 is 11.8 Å². The number of carbonyl (C=O) groups excluding carboxylic acids is 3. The molecule has 170 valence electrons. The first kappa shape index (κ1) is 22.9. The molecule has 1 fully saturated rings. The van der Waals surface area contributed by atoms with Crippen LogP contribution < -0.4 is 25.0 Å². The summed E-state index contributed by atoms with van der Waals surface area (Å²) in [4.78, 5) is 40.7. The van der Waals surface area contributed by atoms with Gasteiger partial charge in [0.15, 0.2) is 11.5 Å². The van der Waals surface area contributed by atoms with E-state index in [2.05, 4.69) is 15.5 Å². The van der Waals surface area contributed by atoms with E-state index in [1.807, 2.05) is 30.3 Å². The number of nitrogens with zero attached hydrogens (tertiary/aromatic N) is 2. The van der Waals surface area contributed by atoms with E-state index in [9.17, 15) is 14.4 Å². The lowest BCUT2D eigenvalue weighted by molar-refractivity contribution is -0.132. The maximum Gasteiger partial charge on any atom is 0.251 e. The van der Waals surface area contributed by atoms with E-state index >= 15 is 0 Å². The van der Waals surface area contributed by atoms with Gasteiger partial charge in [-0.1, -0.05) is 18.2 Å². The summed E-state index contributed by atoms with van der Waals surface area (Å²) in [5.74, 6) is -0.0793. The fourth-order valence-electron chi connectivity index (χ4n) is 3.44. The Hall–Kier alpha value is -3.75. The Morgan fingerprint density at radius 3 is 2.19 bits per heavy atom. The smallest absolute Gasteiger partial charge is 0.251 e. The maximum atomic E-state index is 12.4. The third-order valence-electron chi connectivity index (χ3n) is 5.25. The van der Waals surface area contributed by atoms with Crippen LogP contribution in [0.4, 0.5) is 5.69 Å². The minimum atomic E-state index is -0.435. The number of hydrogen-bond acceptors (Lipinski definition) is 6. The highest BCUT2D eigenvalue weighted by atomic mass is 16.5. The summed E-state index contributed by atoms with van der Waals surface area (Å²) in [6, 6.07) is 14.8. The largest absolute Gasteiger partial charge is 0.493 e. The number of anilines is 1. The van der Waals surface area contributed by atoms with Crippen molar-refractivity contribution in [3.05, 3.63) is 54.1 Å². The predicted molar refractivity (Wildman–Crippen MR) is 120 cm³/mol. The number of methoxy groups -OCH3 is 2. The highest BCUT2D eigenvalue weighted by molar-refractivity contribution is 5.97. The van der Waals surface area contributed by atoms with Gasteiger partial charge in [-0.3, -0.25) is 14.4 Å². The fourth-order valence-corrected chi connectivity index (χ4v) is 3.44. The van der Waals surface area contributed by atoms with E-state index in [1.54, 1.807) is 17.0 Å². The zero-order chi connectivity index (χ0) is 22.9. The van der Waals surface area contributed by atoms with Gasteiger partial charge in [0.2, 0.25) is 11.8 Å². The van der Waals surface area contributed by atoms with Crippen LogP contribution in [0.1, 0.15) is 10.4 Å². The lowest BCUT2D eigenvalue weighted by Gasteiger charge is -2.36. The van der Waals surface area contributed by atoms with Gasteiger partial charge in [0.25, 0.3) is 5.91 Å². The molecule has 2 N–H and O–H groups in total. The fraction of sp³-hybridized carbons (Fsp3) is 0.348. The van der Waals surface area contributed by atoms with E-state index in [1.165, 1.54) is 20.3 Å². The Balaban J connectivity index is 1.39. The van der Waals surface area contributed by atoms with Crippen molar-refractivity contribution < 1.29 is 23.9 Å². The lowest BCUT2D eigenvalue weighted by atomic mass is 10.2. The van der Waals surface area contributed by atoms with Crippen LogP contribution in [0, 0.1) is 0 Å². The summed E-state index contributed by atoms with van der Waals surface area (Å²) in [5.41, 5.74) is 1.47. The predicted octanol–water partition coefficient (Wildman–Crippen LogP) is 0.899. The second-order valence-electron chi connectivity index (χ2n) is 7.23. The standard InChI is InChI=1S/C23H28N4O5/c1-31-19-9-8-17(14-20(19)32-2)23(30)25-15-21(28)24-16-22(29)27-12-10-26(11-13-27)18-6-4-3-5-7-18/h3-9,14H,10-13,15-16H2,1-2H3,(H,24,28)(H,25,30). The molecule has 0 spiro atoms. The molecule has 0 atom stereocenters. The number of amides is 3. The number of rotatable bonds is 8. The van der Waals surface area contributed by atoms with Gasteiger partial charge < -0.3 is 29.9 Å². The molecule has 0 radical (unpaired) electrons. The van der Waals surface area contributed by atoms with E-state index in [-0.39, 0.29) is 19.0 Å². The number of benzene rings is 2. The third kappa shape index (κ3) is 5.90. The monoisotopic (exact) mass is 440 g/mol. The normalized spacial score (nSPS) is 13.3. The molecule has 1 aliphatic heterocycles. The van der Waals surface area contributed by atoms with Crippen molar-refractivity contribution in [2.75, 3.05) is 58.4 Å². The molecule has 0 aromatic heterocycles. The van der Waals surface area contributed by atoms with Gasteiger partial charge in [0.05, 0.1) is 27.3 Å². The molecule has 3 amide bonds. The molecule has 9 heteroatoms. The molecule has 2 aromatic rings. The van der Waals surface area contributed by atoms with Gasteiger partial charge in [-0.2, -0.15) is 0 Å². The number of nitrogens with one attached hydrogen (secondary N) is 2. The molecule has 0 aliphatic carbocycles. The van der Waals surface area contributed by atoms with Crippen LogP contribution in [0.2, 0.25) is 0 Å². The Labute approximate surface area is 187 Å². The van der Waals surface area contributed by atoms with Crippen molar-refractivity contribution in [3.63, 3.8) is 0 Å². The summed E-state index contributed by atoms with van der Waals surface area (Å²) in [6.07, 6.45) is 0. The van der Waals surface area contributed by atoms with Crippen LogP contribution in [0.15, 0.2) is 48.5 Å². The third-order valence-corrected chi connectivity index (χ3v) is 5.25. The van der Waals surface area contributed by atoms with Gasteiger partial charge in [-0.05, 0) is 30.3 Å². The average molecular weight is 441 g/mol. The van der Waals surface area contributed by atoms with Gasteiger partial charge in [-0.15, -0.1) is 0 Å². The van der Waals surface area contributed by atoms with E-state index in [0.717, 1.165) is 18.8 Å². The molecule has 32 heavy (non-hydrogen) atoms. The SMILES string of the molecule is COc1ccc(C(=O)NCC(=O)NCC(=O)N2CCN(c3ccccc3)CC2)cc1OC. The Bertz CT molecular complexity index is 943. The van der Waals surface area contributed by atoms with Crippen LogP contribution in [0.3, 0.4) is 0 Å². The molecule has 3 rings (SSSR count). The van der Waals surface area contributed by atoms with Gasteiger partial charge in [-0.25, -0.2) is 0 Å². The maximum absolute atomic E-state index is 12.4. The van der Waals surface area contributed by atoms with Crippen molar-refractivity contribution in [3.8, 4) is 11.5 Å². The summed E-state index contributed by atoms with van der Waals surface area (Å²) >= 11 is 0. The summed E-state index contributed by atoms with van der Waals surface area (Å²) < 4.78 is 10.3. The number of hydrogen-bond donors (Lipinski definition) is 2. The zero-order valence-electron chi connectivity index (χ0n) is 18.3. The van der Waals surface area contributed by atoms with Crippen molar-refractivity contribution in [1.82, 2.24) is 15.5 Å². The average Bonchev–Trinajstić information content (AvgIpc) is 2.85. The van der Waals surface area contributed by atoms with Gasteiger partial charge in [0.1, 0.15) is 0 Å². The van der Waals surface area contributed by atoms with Crippen molar-refractivity contribution in [2.45, 2.75) is 0 Å². The van der Waals surface area contributed by atoms with E-state index in [4.69, 9.17) is 9.47 Å². The summed E-state index contributed by atoms with van der Waals surface area (Å²) in [6.45, 7) is 2.34. The second-order valence-corrected chi connectivity index (χ2v) is 7.23. The Morgan fingerprint density at radius 2 is 1.53 bits per heavy atom. The minimum Gasteiger partial charge on any atom is -0.493 e. The lowest BCUT2D eigenvalue weighted by Crippen LogP contribution is -2.51. The Kier molecular flexibility index (Phi) is 7.91. The van der Waals surface area contributed by atoms with Crippen LogP contribution >= 0.6 is 0 Å². The van der Waals surface area contributed by atoms with Crippen LogP contribution in [0.25, 0.3) is 0 Å². The van der Waals surface area contributed by atoms with Crippen molar-refractivity contribution >= 4 is 23.4 Å². The molecule has 0 saturated carbocycles.